The third-order valence-corrected chi connectivity index (χ3v) is 3.34. The summed E-state index contributed by atoms with van der Waals surface area (Å²) in [5.74, 6) is 0.109. The summed E-state index contributed by atoms with van der Waals surface area (Å²) >= 11 is 0. The normalized spacial score (nSPS) is 16.4. The van der Waals surface area contributed by atoms with Gasteiger partial charge in [0.05, 0.1) is 31.4 Å². The number of methoxy groups -OCH3 is 1. The molecule has 0 bridgehead atoms. The molecule has 2 rings (SSSR count). The van der Waals surface area contributed by atoms with Crippen molar-refractivity contribution in [3.8, 4) is 5.75 Å². The summed E-state index contributed by atoms with van der Waals surface area (Å²) in [7, 11) is 1.35. The molecule has 7 nitrogen and oxygen atoms in total. The highest BCUT2D eigenvalue weighted by Gasteiger charge is 2.22. The van der Waals surface area contributed by atoms with Gasteiger partial charge in [-0.05, 0) is 39.0 Å². The third kappa shape index (κ3) is 5.42. The number of carbonyl (C=O) groups excluding carboxylic acids is 2. The molecule has 1 aliphatic rings. The van der Waals surface area contributed by atoms with Gasteiger partial charge in [0.25, 0.3) is 0 Å². The Hall–Kier alpha value is -2.28. The van der Waals surface area contributed by atoms with Crippen molar-refractivity contribution in [2.75, 3.05) is 30.9 Å². The second kappa shape index (κ2) is 7.53. The second-order valence-corrected chi connectivity index (χ2v) is 6.56. The minimum atomic E-state index is -0.364. The molecule has 24 heavy (non-hydrogen) atoms. The Morgan fingerprint density at radius 2 is 2.12 bits per heavy atom. The average molecular weight is 336 g/mol. The van der Waals surface area contributed by atoms with Crippen molar-refractivity contribution in [2.45, 2.75) is 38.9 Å². The van der Waals surface area contributed by atoms with Gasteiger partial charge in [-0.1, -0.05) is 0 Å². The number of hydrogen-bond acceptors (Lipinski definition) is 6. The number of fused-ring (bicyclic) bond motifs is 1. The fourth-order valence-corrected chi connectivity index (χ4v) is 2.16. The average Bonchev–Trinajstić information content (AvgIpc) is 2.52. The molecule has 0 aliphatic carbocycles. The molecule has 132 valence electrons. The number of esters is 1. The first kappa shape index (κ1) is 18.1. The lowest BCUT2D eigenvalue weighted by atomic mass is 10.1. The number of ether oxygens (including phenoxy) is 3. The summed E-state index contributed by atoms with van der Waals surface area (Å²) in [5, 5.41) is 5.98. The molecule has 1 aromatic carbocycles. The van der Waals surface area contributed by atoms with E-state index in [2.05, 4.69) is 15.4 Å². The van der Waals surface area contributed by atoms with Crippen molar-refractivity contribution in [3.05, 3.63) is 18.2 Å². The first-order valence-electron chi connectivity index (χ1n) is 7.82. The number of anilines is 2. The number of nitrogens with one attached hydrogen (secondary N) is 2. The number of carbonyl (C=O) groups is 2. The first-order valence-corrected chi connectivity index (χ1v) is 7.82. The molecule has 2 N–H and O–H groups in total. The van der Waals surface area contributed by atoms with Crippen molar-refractivity contribution in [2.24, 2.45) is 0 Å². The van der Waals surface area contributed by atoms with E-state index in [9.17, 15) is 9.59 Å². The number of amides is 1. The van der Waals surface area contributed by atoms with Crippen LogP contribution in [-0.4, -0.2) is 43.8 Å². The summed E-state index contributed by atoms with van der Waals surface area (Å²) in [5.41, 5.74) is 1.06. The van der Waals surface area contributed by atoms with Crippen LogP contribution < -0.4 is 15.4 Å². The summed E-state index contributed by atoms with van der Waals surface area (Å²) in [6, 6.07) is 5.29. The Morgan fingerprint density at radius 3 is 2.79 bits per heavy atom. The monoisotopic (exact) mass is 336 g/mol. The Bertz CT molecular complexity index is 609. The molecular weight excluding hydrogens is 312 g/mol. The standard InChI is InChI=1S/C17H24N2O5/c1-17(2,3)23-10-15(20)19-11-5-6-14-13(7-11)18-9-12(24-14)8-16(21)22-4/h5-7,12,18H,8-10H2,1-4H3,(H,19,20). The van der Waals surface area contributed by atoms with Crippen molar-refractivity contribution >= 4 is 23.3 Å². The molecule has 0 fully saturated rings. The van der Waals surface area contributed by atoms with Crippen LogP contribution in [0.15, 0.2) is 18.2 Å². The van der Waals surface area contributed by atoms with Crippen LogP contribution >= 0.6 is 0 Å². The van der Waals surface area contributed by atoms with E-state index in [0.717, 1.165) is 5.69 Å². The van der Waals surface area contributed by atoms with Crippen molar-refractivity contribution in [1.82, 2.24) is 0 Å². The lowest BCUT2D eigenvalue weighted by Crippen LogP contribution is -2.33. The van der Waals surface area contributed by atoms with Gasteiger partial charge in [-0.3, -0.25) is 9.59 Å². The van der Waals surface area contributed by atoms with Gasteiger partial charge in [0, 0.05) is 5.69 Å². The van der Waals surface area contributed by atoms with Crippen LogP contribution in [0.25, 0.3) is 0 Å². The van der Waals surface area contributed by atoms with Crippen molar-refractivity contribution in [3.63, 3.8) is 0 Å². The fourth-order valence-electron chi connectivity index (χ4n) is 2.16. The maximum absolute atomic E-state index is 11.9. The van der Waals surface area contributed by atoms with E-state index in [4.69, 9.17) is 9.47 Å². The van der Waals surface area contributed by atoms with E-state index in [-0.39, 0.29) is 36.6 Å². The van der Waals surface area contributed by atoms with Gasteiger partial charge in [0.15, 0.2) is 0 Å². The molecule has 1 atom stereocenters. The van der Waals surface area contributed by atoms with E-state index in [1.807, 2.05) is 20.8 Å². The van der Waals surface area contributed by atoms with E-state index >= 15 is 0 Å². The zero-order valence-electron chi connectivity index (χ0n) is 14.5. The highest BCUT2D eigenvalue weighted by Crippen LogP contribution is 2.32. The summed E-state index contributed by atoms with van der Waals surface area (Å²) in [6.07, 6.45) is -0.0865. The quantitative estimate of drug-likeness (QED) is 0.802. The van der Waals surface area contributed by atoms with Gasteiger partial charge in [-0.2, -0.15) is 0 Å². The predicted octanol–water partition coefficient (Wildman–Crippen LogP) is 2.18. The molecule has 7 heteroatoms. The van der Waals surface area contributed by atoms with Crippen LogP contribution in [0.1, 0.15) is 27.2 Å². The van der Waals surface area contributed by atoms with E-state index in [1.165, 1.54) is 7.11 Å². The summed E-state index contributed by atoms with van der Waals surface area (Å²) in [4.78, 5) is 23.2. The van der Waals surface area contributed by atoms with Gasteiger partial charge in [-0.15, -0.1) is 0 Å². The highest BCUT2D eigenvalue weighted by molar-refractivity contribution is 5.92. The molecule has 0 aromatic heterocycles. The van der Waals surface area contributed by atoms with Gasteiger partial charge >= 0.3 is 5.97 Å². The molecule has 1 unspecified atom stereocenters. The highest BCUT2D eigenvalue weighted by atomic mass is 16.5. The molecule has 1 amide bonds. The first-order chi connectivity index (χ1) is 11.3. The zero-order valence-corrected chi connectivity index (χ0v) is 14.5. The molecule has 0 spiro atoms. The second-order valence-electron chi connectivity index (χ2n) is 6.56. The van der Waals surface area contributed by atoms with E-state index in [0.29, 0.717) is 18.0 Å². The SMILES string of the molecule is COC(=O)CC1CNc2cc(NC(=O)COC(C)(C)C)ccc2O1. The van der Waals surface area contributed by atoms with Crippen LogP contribution in [0.4, 0.5) is 11.4 Å². The van der Waals surface area contributed by atoms with Crippen molar-refractivity contribution < 1.29 is 23.8 Å². The predicted molar refractivity (Wildman–Crippen MR) is 90.3 cm³/mol. The van der Waals surface area contributed by atoms with Crippen LogP contribution in [0.2, 0.25) is 0 Å². The topological polar surface area (TPSA) is 85.9 Å². The van der Waals surface area contributed by atoms with E-state index in [1.54, 1.807) is 18.2 Å². The largest absolute Gasteiger partial charge is 0.486 e. The maximum Gasteiger partial charge on any atom is 0.309 e. The molecule has 1 aromatic rings. The molecule has 1 aliphatic heterocycles. The van der Waals surface area contributed by atoms with E-state index < -0.39 is 0 Å². The lowest BCUT2D eigenvalue weighted by molar-refractivity contribution is -0.142. The minimum Gasteiger partial charge on any atom is -0.486 e. The summed E-state index contributed by atoms with van der Waals surface area (Å²) in [6.45, 7) is 6.17. The fraction of sp³-hybridized carbons (Fsp3) is 0.529. The summed E-state index contributed by atoms with van der Waals surface area (Å²) < 4.78 is 15.8. The van der Waals surface area contributed by atoms with Crippen LogP contribution in [0, 0.1) is 0 Å². The molecule has 0 radical (unpaired) electrons. The van der Waals surface area contributed by atoms with Gasteiger partial charge in [0.1, 0.15) is 18.5 Å². The van der Waals surface area contributed by atoms with Crippen molar-refractivity contribution in [1.29, 1.82) is 0 Å². The van der Waals surface area contributed by atoms with Crippen LogP contribution in [0.5, 0.6) is 5.75 Å². The Kier molecular flexibility index (Phi) is 5.66. The lowest BCUT2D eigenvalue weighted by Gasteiger charge is -2.27. The Balaban J connectivity index is 1.93. The smallest absolute Gasteiger partial charge is 0.309 e. The van der Waals surface area contributed by atoms with Gasteiger partial charge in [-0.25, -0.2) is 0 Å². The van der Waals surface area contributed by atoms with Gasteiger partial charge in [0.2, 0.25) is 5.91 Å². The van der Waals surface area contributed by atoms with Crippen LogP contribution in [-0.2, 0) is 19.1 Å². The molecular formula is C17H24N2O5. The number of hydrogen-bond donors (Lipinski definition) is 2. The number of rotatable bonds is 5. The molecule has 1 heterocycles. The minimum absolute atomic E-state index is 0.00822. The zero-order chi connectivity index (χ0) is 17.7. The maximum atomic E-state index is 11.9. The molecule has 0 saturated heterocycles. The van der Waals surface area contributed by atoms with Crippen LogP contribution in [0.3, 0.4) is 0 Å². The Labute approximate surface area is 141 Å². The van der Waals surface area contributed by atoms with Gasteiger partial charge < -0.3 is 24.8 Å². The Morgan fingerprint density at radius 1 is 1.38 bits per heavy atom. The number of benzene rings is 1. The molecule has 0 saturated carbocycles. The third-order valence-electron chi connectivity index (χ3n) is 3.34.